The summed E-state index contributed by atoms with van der Waals surface area (Å²) < 4.78 is 14.2. The van der Waals surface area contributed by atoms with Crippen molar-refractivity contribution in [2.45, 2.75) is 52.9 Å². The molecule has 1 nitrogen and oxygen atoms in total. The Balaban J connectivity index is 0.000000512. The van der Waals surface area contributed by atoms with E-state index in [1.165, 1.54) is 0 Å². The number of unbranched alkanes of at least 4 members (excludes halogenated alkanes) is 1. The standard InChI is InChI=1S/C24H29OP.2C5H5.Zr/c1-4-7-15-22(21(6-3)14-5-2)20-26(25,23-16-10-8-11-17-23)24-18-12-9-13-19-24;2*1-2-4-5-3-1;/h8-13,16-19H,4-7,15H2,1-3H3;2*1-5H;/q-2;;;+2. The van der Waals surface area contributed by atoms with Gasteiger partial charge in [-0.15, -0.1) is 19.3 Å². The normalized spacial score (nSPS) is 13.9. The summed E-state index contributed by atoms with van der Waals surface area (Å²) in [6.07, 6.45) is 28.3. The van der Waals surface area contributed by atoms with Crippen LogP contribution in [0, 0.1) is 24.7 Å². The fourth-order valence-electron chi connectivity index (χ4n) is 3.67. The fraction of sp³-hybridized carbons (Fsp3) is 0.235. The summed E-state index contributed by atoms with van der Waals surface area (Å²) >= 11 is 0. The summed E-state index contributed by atoms with van der Waals surface area (Å²) in [5.41, 5.74) is 2.24. The van der Waals surface area contributed by atoms with E-state index >= 15 is 0 Å². The Morgan fingerprint density at radius 3 is 1.46 bits per heavy atom. The number of hydrogen-bond donors (Lipinski definition) is 0. The molecule has 0 heterocycles. The molecule has 0 aromatic heterocycles. The first-order valence-corrected chi connectivity index (χ1v) is 14.6. The largest absolute Gasteiger partial charge is 2.00 e. The van der Waals surface area contributed by atoms with Gasteiger partial charge in [0, 0.05) is 23.5 Å². The summed E-state index contributed by atoms with van der Waals surface area (Å²) in [5.74, 6) is 3.51. The number of allylic oxidation sites excluding steroid dienone is 11. The van der Waals surface area contributed by atoms with Crippen molar-refractivity contribution in [3.63, 3.8) is 0 Å². The SMILES string of the molecule is CC[C-]=C(CC)C(=[C-]P(=O)(c1ccccc1)c1ccccc1)CCCC.[CH]1C=CC=C1.[CH]1C=CC=C1.[Zr+2]. The van der Waals surface area contributed by atoms with Crippen LogP contribution >= 0.6 is 7.14 Å². The molecule has 0 spiro atoms. The van der Waals surface area contributed by atoms with E-state index in [2.05, 4.69) is 32.7 Å². The second kappa shape index (κ2) is 20.0. The van der Waals surface area contributed by atoms with Gasteiger partial charge in [-0.05, 0) is 0 Å². The van der Waals surface area contributed by atoms with Gasteiger partial charge in [-0.1, -0.05) is 143 Å². The molecule has 0 N–H and O–H groups in total. The van der Waals surface area contributed by atoms with Gasteiger partial charge in [0.1, 0.15) is 0 Å². The molecule has 2 aliphatic carbocycles. The summed E-state index contributed by atoms with van der Waals surface area (Å²) in [6.45, 7) is 6.42. The number of benzene rings is 2. The van der Waals surface area contributed by atoms with Gasteiger partial charge in [-0.3, -0.25) is 5.82 Å². The first-order valence-electron chi connectivity index (χ1n) is 12.9. The Morgan fingerprint density at radius 1 is 0.676 bits per heavy atom. The molecule has 2 aromatic carbocycles. The first-order chi connectivity index (χ1) is 17.7. The van der Waals surface area contributed by atoms with Gasteiger partial charge >= 0.3 is 26.2 Å². The van der Waals surface area contributed by atoms with Crippen LogP contribution < -0.4 is 10.6 Å². The zero-order valence-electron chi connectivity index (χ0n) is 22.4. The van der Waals surface area contributed by atoms with Crippen molar-refractivity contribution >= 4 is 17.8 Å². The van der Waals surface area contributed by atoms with Crippen LogP contribution in [0.3, 0.4) is 0 Å². The first kappa shape index (κ1) is 33.0. The molecule has 37 heavy (non-hydrogen) atoms. The van der Waals surface area contributed by atoms with E-state index in [1.54, 1.807) is 0 Å². The molecule has 0 saturated carbocycles. The molecule has 0 fully saturated rings. The minimum atomic E-state index is -2.96. The van der Waals surface area contributed by atoms with Gasteiger partial charge in [0.25, 0.3) is 0 Å². The molecule has 0 bridgehead atoms. The van der Waals surface area contributed by atoms with E-state index in [9.17, 15) is 4.57 Å². The molecular weight excluding hydrogens is 547 g/mol. The van der Waals surface area contributed by atoms with Crippen molar-refractivity contribution in [3.05, 3.63) is 145 Å². The van der Waals surface area contributed by atoms with Crippen LogP contribution in [-0.2, 0) is 30.8 Å². The Hall–Kier alpha value is -2.01. The van der Waals surface area contributed by atoms with E-state index in [0.29, 0.717) is 0 Å². The maximum Gasteiger partial charge on any atom is 2.00 e. The Kier molecular flexibility index (Phi) is 17.9. The van der Waals surface area contributed by atoms with Gasteiger partial charge in [-0.25, -0.2) is 0 Å². The van der Waals surface area contributed by atoms with E-state index in [4.69, 9.17) is 0 Å². The van der Waals surface area contributed by atoms with Crippen molar-refractivity contribution in [1.29, 1.82) is 0 Å². The molecule has 2 radical (unpaired) electrons. The predicted molar refractivity (Wildman–Crippen MR) is 159 cm³/mol. The van der Waals surface area contributed by atoms with Gasteiger partial charge in [0.2, 0.25) is 0 Å². The van der Waals surface area contributed by atoms with E-state index in [-0.39, 0.29) is 26.2 Å². The van der Waals surface area contributed by atoms with Crippen LogP contribution in [0.5, 0.6) is 0 Å². The number of rotatable bonds is 9. The second-order valence-corrected chi connectivity index (χ2v) is 10.7. The van der Waals surface area contributed by atoms with Gasteiger partial charge < -0.3 is 21.8 Å². The molecule has 0 saturated heterocycles. The predicted octanol–water partition coefficient (Wildman–Crippen LogP) is 9.06. The van der Waals surface area contributed by atoms with Crippen molar-refractivity contribution in [3.8, 4) is 0 Å². The molecule has 2 aromatic rings. The fourth-order valence-corrected chi connectivity index (χ4v) is 6.04. The van der Waals surface area contributed by atoms with Gasteiger partial charge in [-0.2, -0.15) is 0 Å². The van der Waals surface area contributed by atoms with Crippen LogP contribution in [0.4, 0.5) is 0 Å². The van der Waals surface area contributed by atoms with Crippen molar-refractivity contribution in [2.24, 2.45) is 0 Å². The van der Waals surface area contributed by atoms with E-state index in [1.807, 2.05) is 122 Å². The zero-order valence-corrected chi connectivity index (χ0v) is 25.8. The van der Waals surface area contributed by atoms with Crippen LogP contribution in [0.15, 0.2) is 120 Å². The summed E-state index contributed by atoms with van der Waals surface area (Å²) in [5, 5.41) is 1.68. The molecule has 0 aliphatic heterocycles. The van der Waals surface area contributed by atoms with E-state index < -0.39 is 7.14 Å². The zero-order chi connectivity index (χ0) is 25.9. The maximum atomic E-state index is 14.2. The van der Waals surface area contributed by atoms with Crippen molar-refractivity contribution in [2.75, 3.05) is 0 Å². The minimum Gasteiger partial charge on any atom is -0.373 e. The van der Waals surface area contributed by atoms with Crippen molar-refractivity contribution in [1.82, 2.24) is 0 Å². The van der Waals surface area contributed by atoms with Gasteiger partial charge in [0.15, 0.2) is 0 Å². The monoisotopic (exact) mass is 584 g/mol. The Labute approximate surface area is 245 Å². The van der Waals surface area contributed by atoms with E-state index in [0.717, 1.165) is 53.9 Å². The quantitative estimate of drug-likeness (QED) is 0.163. The second-order valence-electron chi connectivity index (χ2n) is 8.26. The maximum absolute atomic E-state index is 14.2. The van der Waals surface area contributed by atoms with Crippen LogP contribution in [0.25, 0.3) is 0 Å². The third-order valence-corrected chi connectivity index (χ3v) is 8.17. The summed E-state index contributed by atoms with van der Waals surface area (Å²) in [7, 11) is -2.96. The van der Waals surface area contributed by atoms with Gasteiger partial charge in [0.05, 0.1) is 7.14 Å². The third-order valence-electron chi connectivity index (χ3n) is 5.53. The van der Waals surface area contributed by atoms with Crippen molar-refractivity contribution < 1.29 is 30.8 Å². The average Bonchev–Trinajstić information content (AvgIpc) is 3.71. The minimum absolute atomic E-state index is 0. The Morgan fingerprint density at radius 2 is 1.14 bits per heavy atom. The number of hydrogen-bond acceptors (Lipinski definition) is 1. The summed E-state index contributed by atoms with van der Waals surface area (Å²) in [4.78, 5) is 0. The van der Waals surface area contributed by atoms with Crippen LogP contribution in [0.1, 0.15) is 52.9 Å². The molecule has 0 atom stereocenters. The molecule has 2 aliphatic rings. The van der Waals surface area contributed by atoms with Crippen LogP contribution in [0.2, 0.25) is 0 Å². The molecule has 0 unspecified atom stereocenters. The summed E-state index contributed by atoms with van der Waals surface area (Å²) in [6, 6.07) is 19.5. The smallest absolute Gasteiger partial charge is 0.373 e. The Bertz CT molecular complexity index is 1020. The molecular formula is C34H39OPZr. The molecule has 4 rings (SSSR count). The average molecular weight is 586 g/mol. The van der Waals surface area contributed by atoms with Crippen LogP contribution in [-0.4, -0.2) is 0 Å². The molecule has 190 valence electrons. The molecule has 3 heteroatoms. The third kappa shape index (κ3) is 11.9. The topological polar surface area (TPSA) is 17.1 Å². The molecule has 0 amide bonds.